The second-order valence-electron chi connectivity index (χ2n) is 7.92. The standard InChI is InChI=1S/C24H23N3OS/c1-15-10-16(2)12-18(11-15)22-25-23(28)21-19-8-9-27(13-17-6-4-3-5-7-17)14-20(19)29-24(21)26-22/h3-7,10-12H,8-9,13-14H2,1-2H3,(H,25,26,28). The number of aromatic nitrogens is 2. The zero-order chi connectivity index (χ0) is 20.0. The van der Waals surface area contributed by atoms with E-state index in [4.69, 9.17) is 4.98 Å². The minimum absolute atomic E-state index is 0.0156. The molecule has 1 aliphatic rings. The van der Waals surface area contributed by atoms with Crippen LogP contribution in [0.2, 0.25) is 0 Å². The van der Waals surface area contributed by atoms with Crippen LogP contribution in [0, 0.1) is 13.8 Å². The highest BCUT2D eigenvalue weighted by atomic mass is 32.1. The monoisotopic (exact) mass is 401 g/mol. The Morgan fingerprint density at radius 1 is 1.10 bits per heavy atom. The van der Waals surface area contributed by atoms with Gasteiger partial charge in [-0.05, 0) is 43.5 Å². The van der Waals surface area contributed by atoms with Crippen molar-refractivity contribution in [3.8, 4) is 11.4 Å². The van der Waals surface area contributed by atoms with Crippen LogP contribution in [0.3, 0.4) is 0 Å². The van der Waals surface area contributed by atoms with Gasteiger partial charge in [-0.3, -0.25) is 9.69 Å². The van der Waals surface area contributed by atoms with E-state index in [0.717, 1.165) is 41.8 Å². The van der Waals surface area contributed by atoms with Crippen molar-refractivity contribution < 1.29 is 0 Å². The molecule has 0 unspecified atom stereocenters. The predicted octanol–water partition coefficient (Wildman–Crippen LogP) is 4.83. The molecule has 4 aromatic rings. The second kappa shape index (κ2) is 7.25. The fourth-order valence-corrected chi connectivity index (χ4v) is 5.54. The molecule has 0 saturated carbocycles. The Kier molecular flexibility index (Phi) is 4.57. The summed E-state index contributed by atoms with van der Waals surface area (Å²) in [7, 11) is 0. The van der Waals surface area contributed by atoms with Crippen molar-refractivity contribution in [1.82, 2.24) is 14.9 Å². The number of H-pyrrole nitrogens is 1. The SMILES string of the molecule is Cc1cc(C)cc(-c2nc3sc4c(c3c(=O)[nH]2)CCN(Cc2ccccc2)C4)c1. The molecule has 0 bridgehead atoms. The number of fused-ring (bicyclic) bond motifs is 3. The first-order valence-corrected chi connectivity index (χ1v) is 10.8. The van der Waals surface area contributed by atoms with Crippen molar-refractivity contribution in [2.45, 2.75) is 33.4 Å². The smallest absolute Gasteiger partial charge is 0.260 e. The van der Waals surface area contributed by atoms with Gasteiger partial charge in [0, 0.05) is 30.1 Å². The number of rotatable bonds is 3. The molecular weight excluding hydrogens is 378 g/mol. The summed E-state index contributed by atoms with van der Waals surface area (Å²) in [6.07, 6.45) is 0.899. The van der Waals surface area contributed by atoms with E-state index in [-0.39, 0.29) is 5.56 Å². The van der Waals surface area contributed by atoms with Gasteiger partial charge in [-0.15, -0.1) is 11.3 Å². The summed E-state index contributed by atoms with van der Waals surface area (Å²) in [4.78, 5) is 25.4. The Labute approximate surface area is 173 Å². The highest BCUT2D eigenvalue weighted by molar-refractivity contribution is 7.18. The molecule has 0 radical (unpaired) electrons. The normalized spacial score (nSPS) is 14.3. The van der Waals surface area contributed by atoms with Crippen LogP contribution < -0.4 is 5.56 Å². The third-order valence-corrected chi connectivity index (χ3v) is 6.64. The van der Waals surface area contributed by atoms with Crippen molar-refractivity contribution in [2.24, 2.45) is 0 Å². The first-order valence-electron chi connectivity index (χ1n) is 9.96. The summed E-state index contributed by atoms with van der Waals surface area (Å²) in [6.45, 7) is 6.92. The van der Waals surface area contributed by atoms with Gasteiger partial charge in [0.1, 0.15) is 10.7 Å². The van der Waals surface area contributed by atoms with E-state index in [1.807, 2.05) is 0 Å². The lowest BCUT2D eigenvalue weighted by Gasteiger charge is -2.26. The Bertz CT molecular complexity index is 1240. The van der Waals surface area contributed by atoms with Gasteiger partial charge < -0.3 is 4.98 Å². The molecule has 1 N–H and O–H groups in total. The number of hydrogen-bond donors (Lipinski definition) is 1. The number of hydrogen-bond acceptors (Lipinski definition) is 4. The van der Waals surface area contributed by atoms with Crippen LogP contribution >= 0.6 is 11.3 Å². The van der Waals surface area contributed by atoms with Gasteiger partial charge in [-0.1, -0.05) is 47.5 Å². The van der Waals surface area contributed by atoms with E-state index in [0.29, 0.717) is 5.82 Å². The van der Waals surface area contributed by atoms with Crippen LogP contribution in [-0.2, 0) is 19.5 Å². The Morgan fingerprint density at radius 3 is 2.62 bits per heavy atom. The van der Waals surface area contributed by atoms with Gasteiger partial charge in [0.05, 0.1) is 5.39 Å². The molecule has 0 fully saturated rings. The molecule has 146 valence electrons. The molecule has 29 heavy (non-hydrogen) atoms. The molecule has 3 heterocycles. The molecule has 1 aliphatic heterocycles. The Hall–Kier alpha value is -2.76. The van der Waals surface area contributed by atoms with Crippen LogP contribution in [0.4, 0.5) is 0 Å². The molecule has 0 atom stereocenters. The van der Waals surface area contributed by atoms with Crippen LogP contribution in [0.1, 0.15) is 27.1 Å². The molecule has 5 rings (SSSR count). The molecule has 2 aromatic heterocycles. The summed E-state index contributed by atoms with van der Waals surface area (Å²) in [5.41, 5.74) is 5.81. The minimum atomic E-state index is -0.0156. The Balaban J connectivity index is 1.51. The summed E-state index contributed by atoms with van der Waals surface area (Å²) in [5.74, 6) is 0.661. The van der Waals surface area contributed by atoms with Gasteiger partial charge in [-0.2, -0.15) is 0 Å². The van der Waals surface area contributed by atoms with Gasteiger partial charge in [0.25, 0.3) is 5.56 Å². The molecular formula is C24H23N3OS. The van der Waals surface area contributed by atoms with Crippen LogP contribution in [0.15, 0.2) is 53.3 Å². The topological polar surface area (TPSA) is 49.0 Å². The maximum absolute atomic E-state index is 12.9. The van der Waals surface area contributed by atoms with E-state index < -0.39 is 0 Å². The minimum Gasteiger partial charge on any atom is -0.306 e. The molecule has 2 aromatic carbocycles. The largest absolute Gasteiger partial charge is 0.306 e. The molecule has 0 amide bonds. The lowest BCUT2D eigenvalue weighted by molar-refractivity contribution is 0.249. The average Bonchev–Trinajstić information content (AvgIpc) is 3.06. The Morgan fingerprint density at radius 2 is 1.86 bits per heavy atom. The van der Waals surface area contributed by atoms with Gasteiger partial charge in [0.15, 0.2) is 0 Å². The van der Waals surface area contributed by atoms with Gasteiger partial charge in [-0.25, -0.2) is 4.98 Å². The zero-order valence-corrected chi connectivity index (χ0v) is 17.5. The fraction of sp³-hybridized carbons (Fsp3) is 0.250. The number of aryl methyl sites for hydroxylation is 2. The quantitative estimate of drug-likeness (QED) is 0.535. The van der Waals surface area contributed by atoms with Crippen molar-refractivity contribution in [2.75, 3.05) is 6.54 Å². The van der Waals surface area contributed by atoms with Gasteiger partial charge >= 0.3 is 0 Å². The zero-order valence-electron chi connectivity index (χ0n) is 16.7. The van der Waals surface area contributed by atoms with Crippen molar-refractivity contribution in [3.05, 3.63) is 86.0 Å². The molecule has 4 nitrogen and oxygen atoms in total. The van der Waals surface area contributed by atoms with E-state index in [1.54, 1.807) is 11.3 Å². The lowest BCUT2D eigenvalue weighted by Crippen LogP contribution is -2.29. The highest BCUT2D eigenvalue weighted by Gasteiger charge is 2.24. The first kappa shape index (κ1) is 18.3. The lowest BCUT2D eigenvalue weighted by atomic mass is 10.0. The van der Waals surface area contributed by atoms with Crippen LogP contribution in [0.5, 0.6) is 0 Å². The number of thiophene rings is 1. The number of nitrogens with one attached hydrogen (secondary N) is 1. The highest BCUT2D eigenvalue weighted by Crippen LogP contribution is 2.33. The predicted molar refractivity (Wildman–Crippen MR) is 119 cm³/mol. The first-order chi connectivity index (χ1) is 14.1. The van der Waals surface area contributed by atoms with E-state index in [1.165, 1.54) is 27.1 Å². The van der Waals surface area contributed by atoms with E-state index in [9.17, 15) is 4.79 Å². The fourth-order valence-electron chi connectivity index (χ4n) is 4.28. The molecule has 0 saturated heterocycles. The number of nitrogens with zero attached hydrogens (tertiary/aromatic N) is 2. The number of aromatic amines is 1. The molecule has 5 heteroatoms. The van der Waals surface area contributed by atoms with E-state index >= 15 is 0 Å². The van der Waals surface area contributed by atoms with Crippen molar-refractivity contribution >= 4 is 21.6 Å². The maximum Gasteiger partial charge on any atom is 0.260 e. The van der Waals surface area contributed by atoms with Crippen LogP contribution in [0.25, 0.3) is 21.6 Å². The molecule has 0 aliphatic carbocycles. The number of benzene rings is 2. The van der Waals surface area contributed by atoms with Crippen molar-refractivity contribution in [1.29, 1.82) is 0 Å². The average molecular weight is 402 g/mol. The van der Waals surface area contributed by atoms with Crippen molar-refractivity contribution in [3.63, 3.8) is 0 Å². The molecule has 0 spiro atoms. The summed E-state index contributed by atoms with van der Waals surface area (Å²) in [6, 6.07) is 16.8. The summed E-state index contributed by atoms with van der Waals surface area (Å²) < 4.78 is 0. The van der Waals surface area contributed by atoms with E-state index in [2.05, 4.69) is 72.3 Å². The summed E-state index contributed by atoms with van der Waals surface area (Å²) in [5, 5.41) is 0.789. The third kappa shape index (κ3) is 3.52. The second-order valence-corrected chi connectivity index (χ2v) is 9.00. The third-order valence-electron chi connectivity index (χ3n) is 5.53. The van der Waals surface area contributed by atoms with Crippen LogP contribution in [-0.4, -0.2) is 21.4 Å². The maximum atomic E-state index is 12.9. The van der Waals surface area contributed by atoms with Gasteiger partial charge in [0.2, 0.25) is 0 Å². The summed E-state index contributed by atoms with van der Waals surface area (Å²) >= 11 is 1.67.